The van der Waals surface area contributed by atoms with Gasteiger partial charge in [-0.3, -0.25) is 10.1 Å². The molecule has 0 aliphatic carbocycles. The summed E-state index contributed by atoms with van der Waals surface area (Å²) in [5.41, 5.74) is 3.59. The third-order valence-electron chi connectivity index (χ3n) is 3.33. The molecule has 8 heteroatoms. The molecule has 4 rings (SSSR count). The zero-order valence-corrected chi connectivity index (χ0v) is 12.9. The van der Waals surface area contributed by atoms with Crippen LogP contribution in [0.2, 0.25) is 0 Å². The van der Waals surface area contributed by atoms with Gasteiger partial charge in [0.1, 0.15) is 5.82 Å². The highest BCUT2D eigenvalue weighted by molar-refractivity contribution is 7.16. The molecule has 2 aromatic carbocycles. The molecule has 1 N–H and O–H groups in total. The van der Waals surface area contributed by atoms with E-state index in [1.807, 2.05) is 0 Å². The number of fused-ring (bicyclic) bond motifs is 1. The number of carbonyl (C=O) groups is 1. The second-order valence-corrected chi connectivity index (χ2v) is 5.79. The van der Waals surface area contributed by atoms with Gasteiger partial charge in [-0.2, -0.15) is 0 Å². The number of amides is 1. The minimum Gasteiger partial charge on any atom is -0.403 e. The summed E-state index contributed by atoms with van der Waals surface area (Å²) < 4.78 is 19.2. The van der Waals surface area contributed by atoms with Crippen LogP contribution in [-0.4, -0.2) is 21.1 Å². The predicted octanol–water partition coefficient (Wildman–Crippen LogP) is 3.74. The van der Waals surface area contributed by atoms with Crippen molar-refractivity contribution in [1.29, 1.82) is 0 Å². The van der Waals surface area contributed by atoms with Crippen LogP contribution in [0.15, 0.2) is 52.4 Å². The normalized spacial score (nSPS) is 10.9. The van der Waals surface area contributed by atoms with Crippen molar-refractivity contribution in [3.05, 3.63) is 59.4 Å². The fourth-order valence-corrected chi connectivity index (χ4v) is 2.86. The number of hydrogen-bond acceptors (Lipinski definition) is 6. The smallest absolute Gasteiger partial charge is 0.322 e. The number of rotatable bonds is 3. The molecule has 24 heavy (non-hydrogen) atoms. The molecule has 4 aromatic rings. The second-order valence-electron chi connectivity index (χ2n) is 4.91. The molecular formula is C16H9FN4O2S. The van der Waals surface area contributed by atoms with E-state index in [1.54, 1.807) is 23.7 Å². The maximum Gasteiger partial charge on any atom is 0.322 e. The van der Waals surface area contributed by atoms with E-state index in [0.717, 1.165) is 10.2 Å². The van der Waals surface area contributed by atoms with Crippen LogP contribution >= 0.6 is 11.3 Å². The first-order valence-electron chi connectivity index (χ1n) is 6.93. The number of aromatic nitrogens is 3. The van der Waals surface area contributed by atoms with Gasteiger partial charge in [-0.25, -0.2) is 9.37 Å². The number of carbonyl (C=O) groups excluding carboxylic acids is 1. The van der Waals surface area contributed by atoms with Crippen LogP contribution in [0.3, 0.4) is 0 Å². The minimum absolute atomic E-state index is 0.0243. The Morgan fingerprint density at radius 2 is 1.96 bits per heavy atom. The van der Waals surface area contributed by atoms with Crippen molar-refractivity contribution in [3.63, 3.8) is 0 Å². The Bertz CT molecular complexity index is 1030. The van der Waals surface area contributed by atoms with Crippen LogP contribution in [-0.2, 0) is 0 Å². The maximum absolute atomic E-state index is 12.9. The SMILES string of the molecule is O=C(Nc1nnc(-c2ccc(F)cc2)o1)c1ccc2ncsc2c1. The molecule has 0 saturated heterocycles. The summed E-state index contributed by atoms with van der Waals surface area (Å²) in [7, 11) is 0. The fraction of sp³-hybridized carbons (Fsp3) is 0. The topological polar surface area (TPSA) is 80.9 Å². The quantitative estimate of drug-likeness (QED) is 0.614. The van der Waals surface area contributed by atoms with Gasteiger partial charge in [0.15, 0.2) is 0 Å². The largest absolute Gasteiger partial charge is 0.403 e. The van der Waals surface area contributed by atoms with E-state index in [1.165, 1.54) is 35.6 Å². The molecule has 2 heterocycles. The Labute approximate surface area is 139 Å². The maximum atomic E-state index is 12.9. The molecule has 2 aromatic heterocycles. The summed E-state index contributed by atoms with van der Waals surface area (Å²) in [4.78, 5) is 16.4. The van der Waals surface area contributed by atoms with E-state index < -0.39 is 0 Å². The van der Waals surface area contributed by atoms with Gasteiger partial charge in [-0.1, -0.05) is 5.10 Å². The molecule has 0 bridgehead atoms. The van der Waals surface area contributed by atoms with E-state index in [9.17, 15) is 9.18 Å². The molecular weight excluding hydrogens is 331 g/mol. The monoisotopic (exact) mass is 340 g/mol. The Hall–Kier alpha value is -3.13. The van der Waals surface area contributed by atoms with Crippen molar-refractivity contribution < 1.29 is 13.6 Å². The van der Waals surface area contributed by atoms with Crippen LogP contribution < -0.4 is 5.32 Å². The van der Waals surface area contributed by atoms with Gasteiger partial charge in [-0.15, -0.1) is 16.4 Å². The number of hydrogen-bond donors (Lipinski definition) is 1. The van der Waals surface area contributed by atoms with E-state index in [0.29, 0.717) is 11.1 Å². The molecule has 0 spiro atoms. The summed E-state index contributed by atoms with van der Waals surface area (Å²) in [5, 5.41) is 10.2. The summed E-state index contributed by atoms with van der Waals surface area (Å²) in [6.07, 6.45) is 0. The van der Waals surface area contributed by atoms with Gasteiger partial charge in [0.2, 0.25) is 5.89 Å². The second kappa shape index (κ2) is 5.82. The first-order valence-corrected chi connectivity index (χ1v) is 7.81. The Morgan fingerprint density at radius 3 is 2.79 bits per heavy atom. The molecule has 0 atom stereocenters. The van der Waals surface area contributed by atoms with Gasteiger partial charge < -0.3 is 4.42 Å². The standard InChI is InChI=1S/C16H9FN4O2S/c17-11-4-1-9(2-5-11)15-20-21-16(23-15)19-14(22)10-3-6-12-13(7-10)24-8-18-12/h1-8H,(H,19,21,22). The van der Waals surface area contributed by atoms with Crippen molar-refractivity contribution in [2.45, 2.75) is 0 Å². The lowest BCUT2D eigenvalue weighted by Crippen LogP contribution is -2.11. The van der Waals surface area contributed by atoms with Gasteiger partial charge in [-0.05, 0) is 42.5 Å². The number of thiazole rings is 1. The minimum atomic E-state index is -0.361. The molecule has 0 radical (unpaired) electrons. The summed E-state index contributed by atoms with van der Waals surface area (Å²) >= 11 is 1.45. The van der Waals surface area contributed by atoms with Gasteiger partial charge in [0.05, 0.1) is 15.7 Å². The lowest BCUT2D eigenvalue weighted by Gasteiger charge is -2.00. The van der Waals surface area contributed by atoms with E-state index in [-0.39, 0.29) is 23.6 Å². The molecule has 6 nitrogen and oxygen atoms in total. The Balaban J connectivity index is 1.54. The number of halogens is 1. The molecule has 0 unspecified atom stereocenters. The van der Waals surface area contributed by atoms with E-state index in [2.05, 4.69) is 20.5 Å². The van der Waals surface area contributed by atoms with Crippen LogP contribution in [0.5, 0.6) is 0 Å². The molecule has 0 saturated carbocycles. The van der Waals surface area contributed by atoms with Crippen molar-refractivity contribution in [2.75, 3.05) is 5.32 Å². The highest BCUT2D eigenvalue weighted by Crippen LogP contribution is 2.22. The van der Waals surface area contributed by atoms with Gasteiger partial charge in [0, 0.05) is 11.1 Å². The lowest BCUT2D eigenvalue weighted by molar-refractivity contribution is 0.102. The highest BCUT2D eigenvalue weighted by atomic mass is 32.1. The van der Waals surface area contributed by atoms with Gasteiger partial charge in [0.25, 0.3) is 5.91 Å². The Morgan fingerprint density at radius 1 is 1.12 bits per heavy atom. The van der Waals surface area contributed by atoms with Gasteiger partial charge >= 0.3 is 6.01 Å². The third kappa shape index (κ3) is 2.74. The van der Waals surface area contributed by atoms with E-state index in [4.69, 9.17) is 4.42 Å². The number of anilines is 1. The fourth-order valence-electron chi connectivity index (χ4n) is 2.15. The zero-order valence-electron chi connectivity index (χ0n) is 12.1. The Kier molecular flexibility index (Phi) is 3.51. The molecule has 0 aliphatic heterocycles. The number of nitrogens with zero attached hydrogens (tertiary/aromatic N) is 3. The third-order valence-corrected chi connectivity index (χ3v) is 4.12. The first-order chi connectivity index (χ1) is 11.7. The van der Waals surface area contributed by atoms with E-state index >= 15 is 0 Å². The van der Waals surface area contributed by atoms with Crippen molar-refractivity contribution in [3.8, 4) is 11.5 Å². The van der Waals surface area contributed by atoms with Crippen LogP contribution in [0.25, 0.3) is 21.7 Å². The van der Waals surface area contributed by atoms with Crippen LogP contribution in [0, 0.1) is 5.82 Å². The average molecular weight is 340 g/mol. The van der Waals surface area contributed by atoms with Crippen molar-refractivity contribution in [1.82, 2.24) is 15.2 Å². The average Bonchev–Trinajstić information content (AvgIpc) is 3.24. The molecule has 118 valence electrons. The van der Waals surface area contributed by atoms with Crippen molar-refractivity contribution >= 4 is 33.5 Å². The molecule has 0 aliphatic rings. The summed E-state index contributed by atoms with van der Waals surface area (Å²) in [6.45, 7) is 0. The van der Waals surface area contributed by atoms with Crippen LogP contribution in [0.1, 0.15) is 10.4 Å². The summed E-state index contributed by atoms with van der Waals surface area (Å²) in [6, 6.07) is 10.8. The van der Waals surface area contributed by atoms with Crippen molar-refractivity contribution in [2.24, 2.45) is 0 Å². The molecule has 0 fully saturated rings. The molecule has 1 amide bonds. The number of nitrogens with one attached hydrogen (secondary N) is 1. The lowest BCUT2D eigenvalue weighted by atomic mass is 10.2. The first kappa shape index (κ1) is 14.5. The number of benzene rings is 2. The highest BCUT2D eigenvalue weighted by Gasteiger charge is 2.13. The predicted molar refractivity (Wildman–Crippen MR) is 87.3 cm³/mol. The van der Waals surface area contributed by atoms with Crippen LogP contribution in [0.4, 0.5) is 10.4 Å². The zero-order chi connectivity index (χ0) is 16.5. The summed E-state index contributed by atoms with van der Waals surface area (Å²) in [5.74, 6) is -0.520.